The molecule has 2 aromatic rings. The molecule has 26 heavy (non-hydrogen) atoms. The quantitative estimate of drug-likeness (QED) is 0.481. The number of nitro groups is 1. The van der Waals surface area contributed by atoms with Crippen LogP contribution in [0.2, 0.25) is 0 Å². The molecular formula is C18H15N3O5. The van der Waals surface area contributed by atoms with Gasteiger partial charge in [0.05, 0.1) is 23.7 Å². The van der Waals surface area contributed by atoms with Crippen molar-refractivity contribution in [1.29, 1.82) is 5.26 Å². The molecule has 0 aliphatic rings. The zero-order valence-electron chi connectivity index (χ0n) is 13.8. The number of ether oxygens (including phenoxy) is 1. The Morgan fingerprint density at radius 3 is 2.54 bits per heavy atom. The third-order valence-electron chi connectivity index (χ3n) is 3.63. The molecule has 0 saturated heterocycles. The van der Waals surface area contributed by atoms with Gasteiger partial charge in [0.25, 0.3) is 11.6 Å². The molecule has 8 heteroatoms. The van der Waals surface area contributed by atoms with E-state index < -0.39 is 22.8 Å². The molecule has 1 amide bonds. The number of esters is 1. The van der Waals surface area contributed by atoms with Crippen LogP contribution in [0.25, 0.3) is 0 Å². The molecule has 1 N–H and O–H groups in total. The fourth-order valence-electron chi connectivity index (χ4n) is 2.29. The predicted octanol–water partition coefficient (Wildman–Crippen LogP) is 1.98. The standard InChI is InChI=1S/C18H15N3O5/c1-26-18(23)16(9-12-5-7-13(11-19)8-6-12)20-17(22)14-3-2-4-15(10-14)21(24)25/h2-8,10,16H,9H2,1H3,(H,20,22)/t16-/m1/s1. The number of methoxy groups -OCH3 is 1. The van der Waals surface area contributed by atoms with Gasteiger partial charge in [-0.15, -0.1) is 0 Å². The summed E-state index contributed by atoms with van der Waals surface area (Å²) in [5, 5.41) is 22.2. The molecule has 0 saturated carbocycles. The van der Waals surface area contributed by atoms with Gasteiger partial charge in [-0.3, -0.25) is 14.9 Å². The molecule has 0 aliphatic carbocycles. The van der Waals surface area contributed by atoms with Crippen LogP contribution in [-0.4, -0.2) is 30.0 Å². The Kier molecular flexibility index (Phi) is 6.01. The fourth-order valence-corrected chi connectivity index (χ4v) is 2.29. The smallest absolute Gasteiger partial charge is 0.328 e. The minimum absolute atomic E-state index is 0.0629. The van der Waals surface area contributed by atoms with Gasteiger partial charge in [-0.2, -0.15) is 5.26 Å². The average Bonchev–Trinajstić information content (AvgIpc) is 2.67. The largest absolute Gasteiger partial charge is 0.467 e. The van der Waals surface area contributed by atoms with Crippen molar-refractivity contribution in [3.8, 4) is 6.07 Å². The van der Waals surface area contributed by atoms with Gasteiger partial charge in [0.2, 0.25) is 0 Å². The summed E-state index contributed by atoms with van der Waals surface area (Å²) in [7, 11) is 1.20. The van der Waals surface area contributed by atoms with Crippen LogP contribution in [0, 0.1) is 21.4 Å². The summed E-state index contributed by atoms with van der Waals surface area (Å²) in [6.45, 7) is 0. The molecule has 0 radical (unpaired) electrons. The topological polar surface area (TPSA) is 122 Å². The lowest BCUT2D eigenvalue weighted by molar-refractivity contribution is -0.384. The van der Waals surface area contributed by atoms with Crippen molar-refractivity contribution in [2.24, 2.45) is 0 Å². The highest BCUT2D eigenvalue weighted by atomic mass is 16.6. The fraction of sp³-hybridized carbons (Fsp3) is 0.167. The first kappa shape index (κ1) is 18.6. The van der Waals surface area contributed by atoms with E-state index in [4.69, 9.17) is 10.00 Å². The number of carbonyl (C=O) groups excluding carboxylic acids is 2. The summed E-state index contributed by atoms with van der Waals surface area (Å²) in [6, 6.07) is 12.8. The van der Waals surface area contributed by atoms with Gasteiger partial charge in [-0.1, -0.05) is 18.2 Å². The van der Waals surface area contributed by atoms with Crippen LogP contribution in [-0.2, 0) is 16.0 Å². The van der Waals surface area contributed by atoms with Crippen LogP contribution >= 0.6 is 0 Å². The molecule has 0 aromatic heterocycles. The van der Waals surface area contributed by atoms with Gasteiger partial charge in [-0.05, 0) is 23.8 Å². The third kappa shape index (κ3) is 4.64. The number of nitro benzene ring substituents is 1. The van der Waals surface area contributed by atoms with E-state index >= 15 is 0 Å². The monoisotopic (exact) mass is 353 g/mol. The highest BCUT2D eigenvalue weighted by molar-refractivity contribution is 5.97. The predicted molar refractivity (Wildman–Crippen MR) is 91.2 cm³/mol. The van der Waals surface area contributed by atoms with Gasteiger partial charge < -0.3 is 10.1 Å². The lowest BCUT2D eigenvalue weighted by Gasteiger charge is -2.16. The number of carbonyl (C=O) groups is 2. The maximum Gasteiger partial charge on any atom is 0.328 e. The molecule has 0 fully saturated rings. The number of non-ortho nitro benzene ring substituents is 1. The number of rotatable bonds is 6. The molecule has 1 atom stereocenters. The van der Waals surface area contributed by atoms with Crippen molar-refractivity contribution in [3.05, 3.63) is 75.3 Å². The lowest BCUT2D eigenvalue weighted by Crippen LogP contribution is -2.43. The van der Waals surface area contributed by atoms with Gasteiger partial charge in [0.1, 0.15) is 6.04 Å². The third-order valence-corrected chi connectivity index (χ3v) is 3.63. The summed E-state index contributed by atoms with van der Waals surface area (Å²) in [5.41, 5.74) is 1.04. The van der Waals surface area contributed by atoms with E-state index in [0.717, 1.165) is 11.6 Å². The van der Waals surface area contributed by atoms with Gasteiger partial charge in [0.15, 0.2) is 0 Å². The van der Waals surface area contributed by atoms with E-state index in [1.165, 1.54) is 25.3 Å². The second kappa shape index (κ2) is 8.39. The Balaban J connectivity index is 2.17. The number of hydrogen-bond donors (Lipinski definition) is 1. The summed E-state index contributed by atoms with van der Waals surface area (Å²) < 4.78 is 4.71. The van der Waals surface area contributed by atoms with Gasteiger partial charge in [-0.25, -0.2) is 4.79 Å². The number of nitrogens with one attached hydrogen (secondary N) is 1. The van der Waals surface area contributed by atoms with E-state index in [-0.39, 0.29) is 17.7 Å². The van der Waals surface area contributed by atoms with Crippen molar-refractivity contribution >= 4 is 17.6 Å². The summed E-state index contributed by atoms with van der Waals surface area (Å²) in [5.74, 6) is -1.27. The van der Waals surface area contributed by atoms with Crippen molar-refractivity contribution in [3.63, 3.8) is 0 Å². The summed E-state index contributed by atoms with van der Waals surface area (Å²) >= 11 is 0. The minimum atomic E-state index is -0.973. The molecule has 0 spiro atoms. The van der Waals surface area contributed by atoms with Crippen LogP contribution in [0.4, 0.5) is 5.69 Å². The molecule has 2 aromatic carbocycles. The molecule has 0 unspecified atom stereocenters. The Morgan fingerprint density at radius 1 is 1.27 bits per heavy atom. The molecule has 0 heterocycles. The number of benzene rings is 2. The Bertz CT molecular complexity index is 871. The Labute approximate surface area is 149 Å². The average molecular weight is 353 g/mol. The maximum atomic E-state index is 12.4. The normalized spacial score (nSPS) is 11.1. The highest BCUT2D eigenvalue weighted by Crippen LogP contribution is 2.14. The second-order valence-electron chi connectivity index (χ2n) is 5.37. The van der Waals surface area contributed by atoms with Crippen molar-refractivity contribution in [2.45, 2.75) is 12.5 Å². The van der Waals surface area contributed by atoms with Crippen LogP contribution < -0.4 is 5.32 Å². The second-order valence-corrected chi connectivity index (χ2v) is 5.37. The number of hydrogen-bond acceptors (Lipinski definition) is 6. The molecular weight excluding hydrogens is 338 g/mol. The SMILES string of the molecule is COC(=O)[C@@H](Cc1ccc(C#N)cc1)NC(=O)c1cccc([N+](=O)[O-])c1. The Hall–Kier alpha value is -3.73. The van der Waals surface area contributed by atoms with Crippen LogP contribution in [0.1, 0.15) is 21.5 Å². The summed E-state index contributed by atoms with van der Waals surface area (Å²) in [4.78, 5) is 34.6. The van der Waals surface area contributed by atoms with E-state index in [0.29, 0.717) is 5.56 Å². The van der Waals surface area contributed by atoms with Crippen LogP contribution in [0.5, 0.6) is 0 Å². The molecule has 132 valence electrons. The number of amides is 1. The first-order valence-corrected chi connectivity index (χ1v) is 7.56. The summed E-state index contributed by atoms with van der Waals surface area (Å²) in [6.07, 6.45) is 0.152. The zero-order valence-corrected chi connectivity index (χ0v) is 13.8. The van der Waals surface area contributed by atoms with Crippen molar-refractivity contribution < 1.29 is 19.2 Å². The van der Waals surface area contributed by atoms with E-state index in [1.807, 2.05) is 6.07 Å². The minimum Gasteiger partial charge on any atom is -0.467 e. The molecule has 2 rings (SSSR count). The van der Waals surface area contributed by atoms with Crippen molar-refractivity contribution in [1.82, 2.24) is 5.32 Å². The zero-order chi connectivity index (χ0) is 19.1. The first-order valence-electron chi connectivity index (χ1n) is 7.56. The number of nitrogens with zero attached hydrogens (tertiary/aromatic N) is 2. The first-order chi connectivity index (χ1) is 12.4. The Morgan fingerprint density at radius 2 is 1.96 bits per heavy atom. The van der Waals surface area contributed by atoms with Crippen LogP contribution in [0.15, 0.2) is 48.5 Å². The van der Waals surface area contributed by atoms with Crippen molar-refractivity contribution in [2.75, 3.05) is 7.11 Å². The maximum absolute atomic E-state index is 12.4. The van der Waals surface area contributed by atoms with E-state index in [2.05, 4.69) is 5.32 Å². The molecule has 0 bridgehead atoms. The van der Waals surface area contributed by atoms with Crippen LogP contribution in [0.3, 0.4) is 0 Å². The highest BCUT2D eigenvalue weighted by Gasteiger charge is 2.23. The lowest BCUT2D eigenvalue weighted by atomic mass is 10.0. The number of nitriles is 1. The molecule has 0 aliphatic heterocycles. The van der Waals surface area contributed by atoms with E-state index in [9.17, 15) is 19.7 Å². The molecule has 8 nitrogen and oxygen atoms in total. The van der Waals surface area contributed by atoms with E-state index in [1.54, 1.807) is 24.3 Å². The van der Waals surface area contributed by atoms with Gasteiger partial charge in [0, 0.05) is 24.1 Å². The van der Waals surface area contributed by atoms with Gasteiger partial charge >= 0.3 is 5.97 Å².